The number of hydrogen-bond acceptors (Lipinski definition) is 6. The third-order valence-electron chi connectivity index (χ3n) is 8.32. The predicted octanol–water partition coefficient (Wildman–Crippen LogP) is 3.11. The Bertz CT molecular complexity index is 1300. The molecule has 1 saturated carbocycles. The summed E-state index contributed by atoms with van der Waals surface area (Å²) in [6.07, 6.45) is 5.10. The minimum atomic E-state index is -0.613. The molecule has 8 heteroatoms. The van der Waals surface area contributed by atoms with E-state index >= 15 is 0 Å². The molecule has 2 aromatic carbocycles. The fourth-order valence-electron chi connectivity index (χ4n) is 6.29. The molecule has 0 bridgehead atoms. The van der Waals surface area contributed by atoms with Gasteiger partial charge in [0.15, 0.2) is 0 Å². The highest BCUT2D eigenvalue weighted by Gasteiger charge is 2.41. The highest BCUT2D eigenvalue weighted by molar-refractivity contribution is 6.05. The maximum Gasteiger partial charge on any atom is 0.255 e. The maximum absolute atomic E-state index is 13.0. The number of carbonyl (C=O) groups excluding carboxylic acids is 3. The van der Waals surface area contributed by atoms with Crippen LogP contribution in [0.25, 0.3) is 0 Å². The van der Waals surface area contributed by atoms with Crippen LogP contribution in [-0.2, 0) is 16.1 Å². The number of benzene rings is 2. The molecule has 6 rings (SSSR count). The molecule has 3 amide bonds. The summed E-state index contributed by atoms with van der Waals surface area (Å²) in [5.41, 5.74) is 3.40. The van der Waals surface area contributed by atoms with Gasteiger partial charge < -0.3 is 9.64 Å². The molecule has 2 saturated heterocycles. The number of ether oxygens (including phenoxy) is 1. The Morgan fingerprint density at radius 3 is 2.65 bits per heavy atom. The van der Waals surface area contributed by atoms with E-state index in [-0.39, 0.29) is 24.3 Å². The first-order valence-electron chi connectivity index (χ1n) is 13.2. The van der Waals surface area contributed by atoms with E-state index < -0.39 is 11.9 Å². The molecule has 190 valence electrons. The summed E-state index contributed by atoms with van der Waals surface area (Å²) >= 11 is 0. The van der Waals surface area contributed by atoms with Crippen molar-refractivity contribution in [3.63, 3.8) is 0 Å². The number of hydrogen-bond donors (Lipinski definition) is 1. The first kappa shape index (κ1) is 23.7. The third kappa shape index (κ3) is 4.49. The number of likely N-dealkylation sites (tertiary alicyclic amines) is 1. The van der Waals surface area contributed by atoms with E-state index in [0.29, 0.717) is 36.1 Å². The van der Waals surface area contributed by atoms with E-state index in [0.717, 1.165) is 43.7 Å². The van der Waals surface area contributed by atoms with Crippen LogP contribution in [0.3, 0.4) is 0 Å². The van der Waals surface area contributed by atoms with Crippen LogP contribution in [0.15, 0.2) is 42.5 Å². The van der Waals surface area contributed by atoms with Crippen molar-refractivity contribution >= 4 is 17.7 Å². The van der Waals surface area contributed by atoms with Crippen LogP contribution in [0.2, 0.25) is 0 Å². The van der Waals surface area contributed by atoms with Gasteiger partial charge in [-0.3, -0.25) is 24.6 Å². The van der Waals surface area contributed by atoms with Crippen LogP contribution < -0.4 is 10.1 Å². The van der Waals surface area contributed by atoms with E-state index in [1.807, 2.05) is 30.3 Å². The van der Waals surface area contributed by atoms with Gasteiger partial charge in [-0.1, -0.05) is 18.6 Å². The molecule has 0 radical (unpaired) electrons. The van der Waals surface area contributed by atoms with Crippen LogP contribution in [-0.4, -0.2) is 58.8 Å². The van der Waals surface area contributed by atoms with Crippen molar-refractivity contribution < 1.29 is 19.1 Å². The molecule has 2 aromatic rings. The highest BCUT2D eigenvalue weighted by atomic mass is 16.5. The zero-order chi connectivity index (χ0) is 25.5. The molecule has 0 aromatic heterocycles. The van der Waals surface area contributed by atoms with E-state index in [4.69, 9.17) is 4.74 Å². The number of piperidine rings is 1. The summed E-state index contributed by atoms with van der Waals surface area (Å²) in [5, 5.41) is 11.6. The minimum absolute atomic E-state index is 0.0848. The van der Waals surface area contributed by atoms with Gasteiger partial charge in [-0.25, -0.2) is 0 Å². The van der Waals surface area contributed by atoms with Gasteiger partial charge >= 0.3 is 0 Å². The van der Waals surface area contributed by atoms with E-state index in [9.17, 15) is 19.6 Å². The molecule has 3 fully saturated rings. The van der Waals surface area contributed by atoms with Crippen LogP contribution in [0, 0.1) is 11.3 Å². The van der Waals surface area contributed by atoms with Crippen molar-refractivity contribution in [1.29, 1.82) is 5.26 Å². The van der Waals surface area contributed by atoms with Crippen molar-refractivity contribution in [3.05, 3.63) is 64.7 Å². The molecule has 37 heavy (non-hydrogen) atoms. The van der Waals surface area contributed by atoms with Crippen molar-refractivity contribution in [2.75, 3.05) is 13.1 Å². The average Bonchev–Trinajstić information content (AvgIpc) is 3.19. The van der Waals surface area contributed by atoms with Gasteiger partial charge in [-0.15, -0.1) is 0 Å². The predicted molar refractivity (Wildman–Crippen MR) is 135 cm³/mol. The van der Waals surface area contributed by atoms with E-state index in [1.165, 1.54) is 12.0 Å². The smallest absolute Gasteiger partial charge is 0.255 e. The zero-order valence-electron chi connectivity index (χ0n) is 20.7. The Balaban J connectivity index is 1.12. The summed E-state index contributed by atoms with van der Waals surface area (Å²) in [6, 6.07) is 15.5. The fraction of sp³-hybridized carbons (Fsp3) is 0.448. The van der Waals surface area contributed by atoms with Gasteiger partial charge in [0, 0.05) is 43.6 Å². The summed E-state index contributed by atoms with van der Waals surface area (Å²) in [6.45, 7) is 2.29. The second kappa shape index (κ2) is 9.64. The third-order valence-corrected chi connectivity index (χ3v) is 8.32. The van der Waals surface area contributed by atoms with Crippen LogP contribution in [0.1, 0.15) is 71.5 Å². The van der Waals surface area contributed by atoms with Crippen LogP contribution in [0.5, 0.6) is 5.75 Å². The van der Waals surface area contributed by atoms with Gasteiger partial charge in [0.05, 0.1) is 11.6 Å². The number of nitriles is 1. The lowest BCUT2D eigenvalue weighted by atomic mass is 9.84. The van der Waals surface area contributed by atoms with Crippen LogP contribution in [0.4, 0.5) is 0 Å². The number of carbonyl (C=O) groups is 3. The topological polar surface area (TPSA) is 103 Å². The zero-order valence-corrected chi connectivity index (χ0v) is 20.7. The molecule has 3 aliphatic heterocycles. The molecule has 1 N–H and O–H groups in total. The minimum Gasteiger partial charge on any atom is -0.489 e. The van der Waals surface area contributed by atoms with Gasteiger partial charge in [0.1, 0.15) is 17.9 Å². The van der Waals surface area contributed by atoms with E-state index in [1.54, 1.807) is 11.0 Å². The van der Waals surface area contributed by atoms with Crippen molar-refractivity contribution in [3.8, 4) is 11.8 Å². The molecule has 4 aliphatic rings. The molecular weight excluding hydrogens is 468 g/mol. The SMILES string of the molecule is N#Cc1cccc(C2CN(C3CCCCC3Oc3ccc4c(c3)CN(C3CCC(=O)NC3=O)C4=O)C2)c1. The molecule has 3 unspecified atom stereocenters. The summed E-state index contributed by atoms with van der Waals surface area (Å²) in [4.78, 5) is 40.9. The van der Waals surface area contributed by atoms with Crippen LogP contribution >= 0.6 is 0 Å². The molecule has 1 aliphatic carbocycles. The normalized spacial score (nSPS) is 26.3. The summed E-state index contributed by atoms with van der Waals surface area (Å²) in [5.74, 6) is 0.352. The lowest BCUT2D eigenvalue weighted by molar-refractivity contribution is -0.136. The Morgan fingerprint density at radius 1 is 1.00 bits per heavy atom. The second-order valence-electron chi connectivity index (χ2n) is 10.6. The molecular formula is C29H30N4O4. The number of amides is 3. The molecule has 0 spiro atoms. The Hall–Kier alpha value is -3.70. The Kier molecular flexibility index (Phi) is 6.17. The number of nitrogens with zero attached hydrogens (tertiary/aromatic N) is 3. The maximum atomic E-state index is 13.0. The van der Waals surface area contributed by atoms with Gasteiger partial charge in [0.2, 0.25) is 11.8 Å². The van der Waals surface area contributed by atoms with Crippen molar-refractivity contribution in [2.45, 2.75) is 69.2 Å². The lowest BCUT2D eigenvalue weighted by Crippen LogP contribution is -2.57. The molecule has 3 heterocycles. The fourth-order valence-corrected chi connectivity index (χ4v) is 6.29. The van der Waals surface area contributed by atoms with Gasteiger partial charge in [-0.05, 0) is 67.1 Å². The standard InChI is InChI=1S/C29H30N4O4/c30-14-18-4-3-5-19(12-18)21-15-32(16-21)24-6-1-2-7-26(24)37-22-8-9-23-20(13-22)17-33(29(23)36)25-10-11-27(34)31-28(25)35/h3-5,8-9,12-13,21,24-26H,1-2,6-7,10-11,15-17H2,(H,31,34,35). The average molecular weight is 499 g/mol. The van der Waals surface area contributed by atoms with E-state index in [2.05, 4.69) is 22.4 Å². The molecule has 8 nitrogen and oxygen atoms in total. The summed E-state index contributed by atoms with van der Waals surface area (Å²) < 4.78 is 6.54. The first-order valence-corrected chi connectivity index (χ1v) is 13.2. The number of imide groups is 1. The first-order chi connectivity index (χ1) is 18.0. The second-order valence-corrected chi connectivity index (χ2v) is 10.6. The molecule has 3 atom stereocenters. The number of nitrogens with one attached hydrogen (secondary N) is 1. The number of fused-ring (bicyclic) bond motifs is 1. The summed E-state index contributed by atoms with van der Waals surface area (Å²) in [7, 11) is 0. The lowest BCUT2D eigenvalue weighted by Gasteiger charge is -2.48. The van der Waals surface area contributed by atoms with Gasteiger partial charge in [-0.2, -0.15) is 5.26 Å². The van der Waals surface area contributed by atoms with Crippen molar-refractivity contribution in [2.24, 2.45) is 0 Å². The Labute approximate surface area is 216 Å². The monoisotopic (exact) mass is 498 g/mol. The van der Waals surface area contributed by atoms with Crippen molar-refractivity contribution in [1.82, 2.24) is 15.1 Å². The highest BCUT2D eigenvalue weighted by Crippen LogP contribution is 2.36. The largest absolute Gasteiger partial charge is 0.489 e. The quantitative estimate of drug-likeness (QED) is 0.636. The number of rotatable bonds is 5. The van der Waals surface area contributed by atoms with Gasteiger partial charge in [0.25, 0.3) is 5.91 Å². The Morgan fingerprint density at radius 2 is 1.84 bits per heavy atom.